The van der Waals surface area contributed by atoms with Crippen molar-refractivity contribution in [3.63, 3.8) is 0 Å². The minimum atomic E-state index is -3.21. The van der Waals surface area contributed by atoms with E-state index in [1.54, 1.807) is 48.5 Å². The Morgan fingerprint density at radius 2 is 1.16 bits per heavy atom. The lowest BCUT2D eigenvalue weighted by Gasteiger charge is -2.28. The largest absolute Gasteiger partial charge is 0.377 e. The summed E-state index contributed by atoms with van der Waals surface area (Å²) in [5, 5.41) is 12.3. The molecule has 3 aromatic carbocycles. The van der Waals surface area contributed by atoms with Crippen LogP contribution in [0.5, 0.6) is 0 Å². The fourth-order valence-electron chi connectivity index (χ4n) is 2.93. The average Bonchev–Trinajstić information content (AvgIpc) is 2.70. The van der Waals surface area contributed by atoms with Crippen LogP contribution in [0.15, 0.2) is 91.0 Å². The van der Waals surface area contributed by atoms with Crippen LogP contribution in [0.4, 0.5) is 0 Å². The molecule has 25 heavy (non-hydrogen) atoms. The Bertz CT molecular complexity index is 835. The van der Waals surface area contributed by atoms with Crippen LogP contribution >= 0.6 is 7.14 Å². The number of aldehydes is 1. The molecule has 0 aromatic heterocycles. The maximum absolute atomic E-state index is 14.0. The molecule has 0 saturated heterocycles. The Labute approximate surface area is 147 Å². The molecule has 3 nitrogen and oxygen atoms in total. The van der Waals surface area contributed by atoms with Gasteiger partial charge in [-0.2, -0.15) is 0 Å². The molecule has 0 spiro atoms. The lowest BCUT2D eigenvalue weighted by molar-refractivity contribution is -0.122. The van der Waals surface area contributed by atoms with Crippen molar-refractivity contribution < 1.29 is 14.5 Å². The summed E-state index contributed by atoms with van der Waals surface area (Å²) in [6.07, 6.45) is 0.308. The smallest absolute Gasteiger partial charge is 0.156 e. The van der Waals surface area contributed by atoms with Gasteiger partial charge in [-0.1, -0.05) is 91.0 Å². The van der Waals surface area contributed by atoms with Gasteiger partial charge in [0.05, 0.1) is 0 Å². The molecule has 0 heterocycles. The van der Waals surface area contributed by atoms with Crippen molar-refractivity contribution >= 4 is 24.0 Å². The van der Waals surface area contributed by atoms with E-state index in [0.29, 0.717) is 22.5 Å². The van der Waals surface area contributed by atoms with E-state index in [9.17, 15) is 14.5 Å². The van der Waals surface area contributed by atoms with Crippen LogP contribution in [0, 0.1) is 0 Å². The van der Waals surface area contributed by atoms with Gasteiger partial charge in [0.1, 0.15) is 7.14 Å². The van der Waals surface area contributed by atoms with Crippen molar-refractivity contribution in [2.45, 2.75) is 5.60 Å². The lowest BCUT2D eigenvalue weighted by Crippen LogP contribution is -2.36. The quantitative estimate of drug-likeness (QED) is 0.549. The zero-order valence-corrected chi connectivity index (χ0v) is 14.6. The molecule has 126 valence electrons. The van der Waals surface area contributed by atoms with Gasteiger partial charge in [-0.3, -0.25) is 4.79 Å². The topological polar surface area (TPSA) is 54.4 Å². The third-order valence-corrected chi connectivity index (χ3v) is 7.47. The number of carbonyl (C=O) groups is 1. The molecule has 0 fully saturated rings. The highest BCUT2D eigenvalue weighted by molar-refractivity contribution is 7.78. The molecule has 0 saturated carbocycles. The van der Waals surface area contributed by atoms with Gasteiger partial charge in [-0.05, 0) is 5.56 Å². The molecular formula is C21H19O3P. The third kappa shape index (κ3) is 3.48. The Hall–Kier alpha value is -2.48. The van der Waals surface area contributed by atoms with E-state index in [2.05, 4.69) is 0 Å². The molecule has 1 atom stereocenters. The Morgan fingerprint density at radius 1 is 0.760 bits per heavy atom. The Kier molecular flexibility index (Phi) is 4.98. The van der Waals surface area contributed by atoms with Gasteiger partial charge < -0.3 is 9.67 Å². The van der Waals surface area contributed by atoms with Crippen molar-refractivity contribution in [1.82, 2.24) is 0 Å². The van der Waals surface area contributed by atoms with Crippen molar-refractivity contribution in [2.24, 2.45) is 0 Å². The summed E-state index contributed by atoms with van der Waals surface area (Å²) in [6.45, 7) is 0. The zero-order chi connectivity index (χ0) is 17.8. The van der Waals surface area contributed by atoms with E-state index in [0.717, 1.165) is 0 Å². The highest BCUT2D eigenvalue weighted by Crippen LogP contribution is 2.47. The highest BCUT2D eigenvalue weighted by Gasteiger charge is 2.40. The molecule has 3 aromatic rings. The van der Waals surface area contributed by atoms with Gasteiger partial charge >= 0.3 is 0 Å². The minimum Gasteiger partial charge on any atom is -0.377 e. The van der Waals surface area contributed by atoms with Crippen molar-refractivity contribution in [2.75, 3.05) is 6.16 Å². The number of aliphatic hydroxyl groups is 1. The fraction of sp³-hybridized carbons (Fsp3) is 0.0952. The van der Waals surface area contributed by atoms with Crippen LogP contribution in [0.25, 0.3) is 0 Å². The summed E-state index contributed by atoms with van der Waals surface area (Å²) in [5.41, 5.74) is -1.38. The maximum Gasteiger partial charge on any atom is 0.156 e. The fourth-order valence-corrected chi connectivity index (χ4v) is 5.84. The minimum absolute atomic E-state index is 0.179. The summed E-state index contributed by atoms with van der Waals surface area (Å²) in [7, 11) is -3.21. The number of benzene rings is 3. The second kappa shape index (κ2) is 7.18. The van der Waals surface area contributed by atoms with Crippen molar-refractivity contribution in [1.29, 1.82) is 0 Å². The molecule has 0 radical (unpaired) electrons. The second-order valence-corrected chi connectivity index (χ2v) is 8.81. The van der Waals surface area contributed by atoms with Gasteiger partial charge in [-0.15, -0.1) is 0 Å². The number of hydrogen-bond acceptors (Lipinski definition) is 3. The van der Waals surface area contributed by atoms with E-state index < -0.39 is 12.7 Å². The maximum atomic E-state index is 14.0. The number of hydrogen-bond donors (Lipinski definition) is 1. The molecule has 0 aliphatic rings. The van der Waals surface area contributed by atoms with Crippen LogP contribution in [-0.4, -0.2) is 17.6 Å². The van der Waals surface area contributed by atoms with Crippen molar-refractivity contribution in [3.05, 3.63) is 96.6 Å². The summed E-state index contributed by atoms with van der Waals surface area (Å²) in [5.74, 6) is 0. The van der Waals surface area contributed by atoms with Gasteiger partial charge in [0.15, 0.2) is 11.9 Å². The first kappa shape index (κ1) is 17.3. The molecule has 0 aliphatic heterocycles. The van der Waals surface area contributed by atoms with Crippen LogP contribution < -0.4 is 10.6 Å². The second-order valence-electron chi connectivity index (χ2n) is 5.98. The molecular weight excluding hydrogens is 331 g/mol. The Balaban J connectivity index is 2.13. The molecule has 0 bridgehead atoms. The number of rotatable bonds is 6. The normalized spacial score (nSPS) is 13.8. The molecule has 0 amide bonds. The first-order chi connectivity index (χ1) is 12.1. The van der Waals surface area contributed by atoms with Crippen LogP contribution in [0.2, 0.25) is 0 Å². The summed E-state index contributed by atoms with van der Waals surface area (Å²) < 4.78 is 14.0. The first-order valence-electron chi connectivity index (χ1n) is 8.03. The van der Waals surface area contributed by atoms with Crippen LogP contribution in [-0.2, 0) is 15.0 Å². The monoisotopic (exact) mass is 350 g/mol. The standard InChI is InChI=1S/C21H19O3P/c22-16-21(23,18-10-4-1-5-11-18)17-25(24,19-12-6-2-7-13-19)20-14-8-3-9-15-20/h1-16,23H,17H2/t21-/m1/s1. The van der Waals surface area contributed by atoms with E-state index in [4.69, 9.17) is 0 Å². The molecule has 0 aliphatic carbocycles. The molecule has 3 rings (SSSR count). The van der Waals surface area contributed by atoms with Gasteiger partial charge in [0.25, 0.3) is 0 Å². The summed E-state index contributed by atoms with van der Waals surface area (Å²) in [6, 6.07) is 26.7. The van der Waals surface area contributed by atoms with E-state index in [1.165, 1.54) is 0 Å². The van der Waals surface area contributed by atoms with E-state index >= 15 is 0 Å². The van der Waals surface area contributed by atoms with E-state index in [1.807, 2.05) is 42.5 Å². The summed E-state index contributed by atoms with van der Waals surface area (Å²) >= 11 is 0. The van der Waals surface area contributed by atoms with Crippen LogP contribution in [0.3, 0.4) is 0 Å². The third-order valence-electron chi connectivity index (χ3n) is 4.28. The van der Waals surface area contributed by atoms with Gasteiger partial charge in [0.2, 0.25) is 0 Å². The predicted octanol–water partition coefficient (Wildman–Crippen LogP) is 3.09. The van der Waals surface area contributed by atoms with Crippen molar-refractivity contribution in [3.8, 4) is 0 Å². The Morgan fingerprint density at radius 3 is 1.56 bits per heavy atom. The van der Waals surface area contributed by atoms with Crippen LogP contribution in [0.1, 0.15) is 5.56 Å². The average molecular weight is 350 g/mol. The molecule has 0 unspecified atom stereocenters. The SMILES string of the molecule is O=C[C@@](O)(CP(=O)(c1ccccc1)c1ccccc1)c1ccccc1. The first-order valence-corrected chi connectivity index (χ1v) is 9.92. The number of carbonyl (C=O) groups excluding carboxylic acids is 1. The summed E-state index contributed by atoms with van der Waals surface area (Å²) in [4.78, 5) is 11.8. The molecule has 4 heteroatoms. The molecule has 1 N–H and O–H groups in total. The predicted molar refractivity (Wildman–Crippen MR) is 101 cm³/mol. The van der Waals surface area contributed by atoms with Gasteiger partial charge in [-0.25, -0.2) is 0 Å². The van der Waals surface area contributed by atoms with Gasteiger partial charge in [0, 0.05) is 16.8 Å². The lowest BCUT2D eigenvalue weighted by atomic mass is 9.98. The zero-order valence-electron chi connectivity index (χ0n) is 13.7. The van der Waals surface area contributed by atoms with E-state index in [-0.39, 0.29) is 6.16 Å². The highest BCUT2D eigenvalue weighted by atomic mass is 31.2.